The number of fused-ring (bicyclic) bond motifs is 1. The molecular formula is C21H30N2O2. The van der Waals surface area contributed by atoms with E-state index in [0.29, 0.717) is 5.91 Å². The van der Waals surface area contributed by atoms with E-state index in [0.717, 1.165) is 64.6 Å². The summed E-state index contributed by atoms with van der Waals surface area (Å²) in [6, 6.07) is 8.54. The fourth-order valence-electron chi connectivity index (χ4n) is 4.68. The third-order valence-electron chi connectivity index (χ3n) is 6.21. The molecular weight excluding hydrogens is 312 g/mol. The van der Waals surface area contributed by atoms with Crippen molar-refractivity contribution < 1.29 is 9.53 Å². The average Bonchev–Trinajstić information content (AvgIpc) is 2.68. The molecule has 4 rings (SSSR count). The maximum atomic E-state index is 13.1. The van der Waals surface area contributed by atoms with Crippen molar-refractivity contribution in [2.75, 3.05) is 45.9 Å². The first kappa shape index (κ1) is 17.0. The Morgan fingerprint density at radius 3 is 2.60 bits per heavy atom. The van der Waals surface area contributed by atoms with Crippen molar-refractivity contribution in [1.29, 1.82) is 0 Å². The molecule has 0 unspecified atom stereocenters. The second-order valence-electron chi connectivity index (χ2n) is 7.83. The largest absolute Gasteiger partial charge is 0.381 e. The molecule has 0 saturated carbocycles. The molecule has 3 aliphatic rings. The highest BCUT2D eigenvalue weighted by Crippen LogP contribution is 2.33. The molecule has 2 fully saturated rings. The van der Waals surface area contributed by atoms with Crippen molar-refractivity contribution in [3.05, 3.63) is 35.4 Å². The number of nitrogens with zero attached hydrogens (tertiary/aromatic N) is 2. The number of hydrogen-bond donors (Lipinski definition) is 0. The van der Waals surface area contributed by atoms with Crippen LogP contribution in [0.1, 0.15) is 42.7 Å². The number of rotatable bonds is 3. The van der Waals surface area contributed by atoms with E-state index in [1.165, 1.54) is 30.5 Å². The van der Waals surface area contributed by atoms with E-state index in [1.807, 2.05) is 0 Å². The molecule has 4 heteroatoms. The van der Waals surface area contributed by atoms with E-state index >= 15 is 0 Å². The van der Waals surface area contributed by atoms with Crippen molar-refractivity contribution in [1.82, 2.24) is 9.80 Å². The zero-order valence-electron chi connectivity index (χ0n) is 15.2. The van der Waals surface area contributed by atoms with Crippen LogP contribution in [-0.2, 0) is 16.0 Å². The first-order valence-electron chi connectivity index (χ1n) is 9.98. The highest BCUT2D eigenvalue weighted by molar-refractivity contribution is 5.84. The van der Waals surface area contributed by atoms with Crippen molar-refractivity contribution >= 4 is 5.91 Å². The Balaban J connectivity index is 1.32. The number of carbonyl (C=O) groups is 1. The Morgan fingerprint density at radius 1 is 1.04 bits per heavy atom. The van der Waals surface area contributed by atoms with Crippen molar-refractivity contribution in [2.45, 2.75) is 38.0 Å². The second-order valence-corrected chi connectivity index (χ2v) is 7.83. The summed E-state index contributed by atoms with van der Waals surface area (Å²) in [5, 5.41) is 0. The van der Waals surface area contributed by atoms with Gasteiger partial charge in [0.1, 0.15) is 0 Å². The Kier molecular flexibility index (Phi) is 5.37. The lowest BCUT2D eigenvalue weighted by atomic mass is 9.82. The average molecular weight is 342 g/mol. The third kappa shape index (κ3) is 3.90. The summed E-state index contributed by atoms with van der Waals surface area (Å²) in [6.07, 6.45) is 5.66. The zero-order chi connectivity index (χ0) is 17.1. The van der Waals surface area contributed by atoms with Gasteiger partial charge in [-0.3, -0.25) is 9.69 Å². The number of benzene rings is 1. The fourth-order valence-corrected chi connectivity index (χ4v) is 4.68. The Morgan fingerprint density at radius 2 is 1.80 bits per heavy atom. The van der Waals surface area contributed by atoms with Crippen LogP contribution in [0.5, 0.6) is 0 Å². The quantitative estimate of drug-likeness (QED) is 0.847. The van der Waals surface area contributed by atoms with Gasteiger partial charge in [0.15, 0.2) is 0 Å². The third-order valence-corrected chi connectivity index (χ3v) is 6.21. The van der Waals surface area contributed by atoms with Gasteiger partial charge in [-0.15, -0.1) is 0 Å². The molecule has 0 N–H and O–H groups in total. The smallest absolute Gasteiger partial charge is 0.230 e. The molecule has 1 aliphatic carbocycles. The van der Waals surface area contributed by atoms with E-state index in [4.69, 9.17) is 4.74 Å². The van der Waals surface area contributed by atoms with Gasteiger partial charge in [-0.2, -0.15) is 0 Å². The molecule has 0 radical (unpaired) electrons. The molecule has 136 valence electrons. The fraction of sp³-hybridized carbons (Fsp3) is 0.667. The minimum atomic E-state index is 0.0898. The van der Waals surface area contributed by atoms with E-state index < -0.39 is 0 Å². The van der Waals surface area contributed by atoms with Gasteiger partial charge >= 0.3 is 0 Å². The van der Waals surface area contributed by atoms with Crippen molar-refractivity contribution in [3.8, 4) is 0 Å². The summed E-state index contributed by atoms with van der Waals surface area (Å²) in [4.78, 5) is 17.8. The van der Waals surface area contributed by atoms with Gasteiger partial charge < -0.3 is 9.64 Å². The lowest BCUT2D eigenvalue weighted by molar-refractivity contribution is -0.135. The normalized spacial score (nSPS) is 25.6. The molecule has 25 heavy (non-hydrogen) atoms. The summed E-state index contributed by atoms with van der Waals surface area (Å²) in [5.41, 5.74) is 2.66. The van der Waals surface area contributed by atoms with E-state index in [9.17, 15) is 4.79 Å². The van der Waals surface area contributed by atoms with Gasteiger partial charge in [-0.25, -0.2) is 0 Å². The van der Waals surface area contributed by atoms with Crippen LogP contribution >= 0.6 is 0 Å². The monoisotopic (exact) mass is 342 g/mol. The lowest BCUT2D eigenvalue weighted by Crippen LogP contribution is -2.51. The highest BCUT2D eigenvalue weighted by atomic mass is 16.5. The maximum Gasteiger partial charge on any atom is 0.230 e. The number of amides is 1. The van der Waals surface area contributed by atoms with Crippen LogP contribution in [0.25, 0.3) is 0 Å². The minimum Gasteiger partial charge on any atom is -0.381 e. The van der Waals surface area contributed by atoms with Crippen LogP contribution in [0.4, 0.5) is 0 Å². The SMILES string of the molecule is O=C([C@H]1CCCc2ccccc21)N1CCN(CC2CCOCC2)CC1. The van der Waals surface area contributed by atoms with Gasteiger partial charge in [0, 0.05) is 45.9 Å². The molecule has 0 spiro atoms. The Bertz CT molecular complexity index is 589. The molecule has 2 aliphatic heterocycles. The maximum absolute atomic E-state index is 13.1. The summed E-state index contributed by atoms with van der Waals surface area (Å²) < 4.78 is 5.46. The van der Waals surface area contributed by atoms with Gasteiger partial charge in [0.25, 0.3) is 0 Å². The molecule has 0 aromatic heterocycles. The number of piperazine rings is 1. The number of carbonyl (C=O) groups excluding carboxylic acids is 1. The lowest BCUT2D eigenvalue weighted by Gasteiger charge is -2.39. The second kappa shape index (κ2) is 7.88. The van der Waals surface area contributed by atoms with Crippen LogP contribution in [0.15, 0.2) is 24.3 Å². The molecule has 4 nitrogen and oxygen atoms in total. The van der Waals surface area contributed by atoms with Gasteiger partial charge in [0.05, 0.1) is 5.92 Å². The summed E-state index contributed by atoms with van der Waals surface area (Å²) in [5.74, 6) is 1.23. The summed E-state index contributed by atoms with van der Waals surface area (Å²) >= 11 is 0. The van der Waals surface area contributed by atoms with E-state index in [-0.39, 0.29) is 5.92 Å². The van der Waals surface area contributed by atoms with Crippen LogP contribution < -0.4 is 0 Å². The summed E-state index contributed by atoms with van der Waals surface area (Å²) in [6.45, 7) is 6.85. The summed E-state index contributed by atoms with van der Waals surface area (Å²) in [7, 11) is 0. The Labute approximate surface area is 151 Å². The molecule has 1 atom stereocenters. The first-order valence-corrected chi connectivity index (χ1v) is 9.98. The molecule has 1 amide bonds. The standard InChI is InChI=1S/C21H30N2O2/c24-21(20-7-3-5-18-4-1-2-6-19(18)20)23-12-10-22(11-13-23)16-17-8-14-25-15-9-17/h1-2,4,6,17,20H,3,5,7-16H2/t20-/m0/s1. The van der Waals surface area contributed by atoms with E-state index in [1.54, 1.807) is 0 Å². The number of hydrogen-bond acceptors (Lipinski definition) is 3. The van der Waals surface area contributed by atoms with Crippen LogP contribution in [0.3, 0.4) is 0 Å². The van der Waals surface area contributed by atoms with Crippen LogP contribution in [0, 0.1) is 5.92 Å². The molecule has 0 bridgehead atoms. The van der Waals surface area contributed by atoms with Gasteiger partial charge in [0.2, 0.25) is 5.91 Å². The van der Waals surface area contributed by atoms with Crippen LogP contribution in [0.2, 0.25) is 0 Å². The van der Waals surface area contributed by atoms with Crippen LogP contribution in [-0.4, -0.2) is 61.6 Å². The molecule has 1 aromatic rings. The first-order chi connectivity index (χ1) is 12.3. The Hall–Kier alpha value is -1.39. The molecule has 2 saturated heterocycles. The zero-order valence-corrected chi connectivity index (χ0v) is 15.2. The van der Waals surface area contributed by atoms with Crippen molar-refractivity contribution in [3.63, 3.8) is 0 Å². The van der Waals surface area contributed by atoms with Gasteiger partial charge in [-0.05, 0) is 49.1 Å². The minimum absolute atomic E-state index is 0.0898. The predicted octanol–water partition coefficient (Wildman–Crippen LogP) is 2.68. The molecule has 2 heterocycles. The number of aryl methyl sites for hydroxylation is 1. The number of ether oxygens (including phenoxy) is 1. The molecule has 1 aromatic carbocycles. The van der Waals surface area contributed by atoms with Crippen molar-refractivity contribution in [2.24, 2.45) is 5.92 Å². The predicted molar refractivity (Wildman–Crippen MR) is 98.7 cm³/mol. The van der Waals surface area contributed by atoms with E-state index in [2.05, 4.69) is 34.1 Å². The highest BCUT2D eigenvalue weighted by Gasteiger charge is 2.31. The van der Waals surface area contributed by atoms with Gasteiger partial charge in [-0.1, -0.05) is 24.3 Å². The topological polar surface area (TPSA) is 32.8 Å².